The molecule has 0 aliphatic carbocycles. The molecule has 0 spiro atoms. The van der Waals surface area contributed by atoms with Gasteiger partial charge in [-0.3, -0.25) is 4.99 Å². The lowest BCUT2D eigenvalue weighted by Crippen LogP contribution is -2.04. The fourth-order valence-corrected chi connectivity index (χ4v) is 2.86. The van der Waals surface area contributed by atoms with Crippen LogP contribution in [-0.4, -0.2) is 13.3 Å². The molecule has 2 aromatic rings. The Morgan fingerprint density at radius 2 is 1.33 bits per heavy atom. The van der Waals surface area contributed by atoms with Gasteiger partial charge in [-0.1, -0.05) is 59.1 Å². The van der Waals surface area contributed by atoms with Crippen LogP contribution in [-0.2, 0) is 0 Å². The molecular formula is C21H21Cl2N. The molecule has 3 heteroatoms. The number of halogens is 2. The Morgan fingerprint density at radius 1 is 0.875 bits per heavy atom. The predicted molar refractivity (Wildman–Crippen MR) is 107 cm³/mol. The van der Waals surface area contributed by atoms with E-state index in [9.17, 15) is 0 Å². The molecule has 1 nitrogen and oxygen atoms in total. The molecule has 0 unspecified atom stereocenters. The lowest BCUT2D eigenvalue weighted by atomic mass is 9.84. The predicted octanol–water partition coefficient (Wildman–Crippen LogP) is 6.72. The molecule has 2 rings (SSSR count). The third-order valence-electron chi connectivity index (χ3n) is 3.61. The highest BCUT2D eigenvalue weighted by atomic mass is 35.5. The summed E-state index contributed by atoms with van der Waals surface area (Å²) in [6.07, 6.45) is 6.07. The van der Waals surface area contributed by atoms with E-state index in [1.807, 2.05) is 30.5 Å². The summed E-state index contributed by atoms with van der Waals surface area (Å²) in [5.41, 5.74) is 4.76. The van der Waals surface area contributed by atoms with E-state index in [2.05, 4.69) is 55.3 Å². The maximum absolute atomic E-state index is 6.07. The monoisotopic (exact) mass is 357 g/mol. The molecule has 2 aromatic carbocycles. The largest absolute Gasteiger partial charge is 0.297 e. The number of nitrogens with zero attached hydrogens (tertiary/aromatic N) is 1. The summed E-state index contributed by atoms with van der Waals surface area (Å²) in [4.78, 5) is 4.11. The average Bonchev–Trinajstić information content (AvgIpc) is 2.55. The van der Waals surface area contributed by atoms with Gasteiger partial charge in [0, 0.05) is 29.2 Å². The van der Waals surface area contributed by atoms with Gasteiger partial charge in [0.2, 0.25) is 0 Å². The van der Waals surface area contributed by atoms with Crippen LogP contribution in [0.15, 0.2) is 76.8 Å². The van der Waals surface area contributed by atoms with E-state index in [1.165, 1.54) is 22.3 Å². The molecule has 0 saturated carbocycles. The number of hydrogen-bond acceptors (Lipinski definition) is 1. The smallest absolute Gasteiger partial charge is 0.0406 e. The molecule has 0 aliphatic rings. The molecule has 0 atom stereocenters. The zero-order chi connectivity index (χ0) is 17.5. The zero-order valence-electron chi connectivity index (χ0n) is 14.1. The average molecular weight is 358 g/mol. The minimum atomic E-state index is 0.0902. The minimum absolute atomic E-state index is 0.0902. The van der Waals surface area contributed by atoms with Crippen molar-refractivity contribution in [3.05, 3.63) is 93.0 Å². The highest BCUT2D eigenvalue weighted by Crippen LogP contribution is 2.34. The molecule has 124 valence electrons. The van der Waals surface area contributed by atoms with Gasteiger partial charge >= 0.3 is 0 Å². The van der Waals surface area contributed by atoms with Gasteiger partial charge in [0.1, 0.15) is 0 Å². The molecule has 0 aliphatic heterocycles. The number of allylic oxidation sites excluding steroid dienone is 4. The van der Waals surface area contributed by atoms with Crippen molar-refractivity contribution in [3.8, 4) is 0 Å². The quantitative estimate of drug-likeness (QED) is 0.416. The highest BCUT2D eigenvalue weighted by Gasteiger charge is 2.17. The molecule has 0 fully saturated rings. The van der Waals surface area contributed by atoms with Crippen LogP contribution in [0.4, 0.5) is 0 Å². The van der Waals surface area contributed by atoms with E-state index in [0.717, 1.165) is 10.0 Å². The van der Waals surface area contributed by atoms with Crippen LogP contribution in [0, 0.1) is 0 Å². The van der Waals surface area contributed by atoms with E-state index < -0.39 is 0 Å². The molecule has 0 N–H and O–H groups in total. The Balaban J connectivity index is 2.61. The lowest BCUT2D eigenvalue weighted by molar-refractivity contribution is 0.974. The van der Waals surface area contributed by atoms with Crippen molar-refractivity contribution in [2.45, 2.75) is 19.8 Å². The van der Waals surface area contributed by atoms with Crippen LogP contribution in [0.2, 0.25) is 10.0 Å². The van der Waals surface area contributed by atoms with Crippen LogP contribution >= 0.6 is 23.2 Å². The summed E-state index contributed by atoms with van der Waals surface area (Å²) in [5, 5.41) is 1.47. The Bertz CT molecular complexity index is 704. The minimum Gasteiger partial charge on any atom is -0.297 e. The van der Waals surface area contributed by atoms with Gasteiger partial charge in [0.25, 0.3) is 0 Å². The second-order valence-electron chi connectivity index (χ2n) is 5.83. The van der Waals surface area contributed by atoms with Crippen LogP contribution in [0.25, 0.3) is 0 Å². The Kier molecular flexibility index (Phi) is 6.84. The molecular weight excluding hydrogens is 337 g/mol. The van der Waals surface area contributed by atoms with E-state index >= 15 is 0 Å². The van der Waals surface area contributed by atoms with Gasteiger partial charge in [-0.25, -0.2) is 0 Å². The van der Waals surface area contributed by atoms with Crippen molar-refractivity contribution < 1.29 is 0 Å². The third kappa shape index (κ3) is 5.09. The fourth-order valence-electron chi connectivity index (χ4n) is 2.61. The summed E-state index contributed by atoms with van der Waals surface area (Å²) >= 11 is 12.1. The number of hydrogen-bond donors (Lipinski definition) is 0. The van der Waals surface area contributed by atoms with Crippen molar-refractivity contribution >= 4 is 29.4 Å². The van der Waals surface area contributed by atoms with Crippen molar-refractivity contribution in [2.75, 3.05) is 7.05 Å². The highest BCUT2D eigenvalue weighted by molar-refractivity contribution is 6.30. The second kappa shape index (κ2) is 8.86. The fraction of sp³-hybridized carbons (Fsp3) is 0.190. The van der Waals surface area contributed by atoms with E-state index in [-0.39, 0.29) is 5.92 Å². The second-order valence-corrected chi connectivity index (χ2v) is 6.70. The first-order valence-electron chi connectivity index (χ1n) is 7.79. The molecule has 0 saturated heterocycles. The Morgan fingerprint density at radius 3 is 1.71 bits per heavy atom. The normalized spacial score (nSPS) is 12.0. The van der Waals surface area contributed by atoms with Gasteiger partial charge in [-0.05, 0) is 60.9 Å². The SMILES string of the molecule is C/N=C\C=C(/C=C(C)C)C(c1ccc(Cl)cc1)c1ccc(Cl)cc1. The third-order valence-corrected chi connectivity index (χ3v) is 4.12. The van der Waals surface area contributed by atoms with E-state index in [0.29, 0.717) is 0 Å². The van der Waals surface area contributed by atoms with Crippen molar-refractivity contribution in [1.82, 2.24) is 0 Å². The maximum Gasteiger partial charge on any atom is 0.0406 e. The lowest BCUT2D eigenvalue weighted by Gasteiger charge is -2.20. The molecule has 24 heavy (non-hydrogen) atoms. The zero-order valence-corrected chi connectivity index (χ0v) is 15.6. The van der Waals surface area contributed by atoms with Gasteiger partial charge in [-0.2, -0.15) is 0 Å². The topological polar surface area (TPSA) is 12.4 Å². The summed E-state index contributed by atoms with van der Waals surface area (Å²) in [5.74, 6) is 0.0902. The Labute approximate surface area is 154 Å². The van der Waals surface area contributed by atoms with E-state index in [1.54, 1.807) is 7.05 Å². The molecule has 0 radical (unpaired) electrons. The van der Waals surface area contributed by atoms with Gasteiger partial charge in [-0.15, -0.1) is 0 Å². The number of aliphatic imine (C=N–C) groups is 1. The summed E-state index contributed by atoms with van der Waals surface area (Å²) in [6.45, 7) is 4.19. The number of rotatable bonds is 5. The maximum atomic E-state index is 6.07. The number of benzene rings is 2. The first-order valence-corrected chi connectivity index (χ1v) is 8.55. The Hall–Kier alpha value is -1.83. The van der Waals surface area contributed by atoms with E-state index in [4.69, 9.17) is 23.2 Å². The first kappa shape index (κ1) is 18.5. The van der Waals surface area contributed by atoms with Gasteiger partial charge < -0.3 is 0 Å². The first-order chi connectivity index (χ1) is 11.5. The summed E-state index contributed by atoms with van der Waals surface area (Å²) < 4.78 is 0. The molecule has 0 aromatic heterocycles. The summed E-state index contributed by atoms with van der Waals surface area (Å²) in [6, 6.07) is 16.0. The summed E-state index contributed by atoms with van der Waals surface area (Å²) in [7, 11) is 1.77. The van der Waals surface area contributed by atoms with Gasteiger partial charge in [0.05, 0.1) is 0 Å². The van der Waals surface area contributed by atoms with Crippen LogP contribution < -0.4 is 0 Å². The molecule has 0 amide bonds. The molecule has 0 bridgehead atoms. The van der Waals surface area contributed by atoms with Crippen molar-refractivity contribution in [2.24, 2.45) is 4.99 Å². The van der Waals surface area contributed by atoms with Crippen LogP contribution in [0.1, 0.15) is 30.9 Å². The van der Waals surface area contributed by atoms with Gasteiger partial charge in [0.15, 0.2) is 0 Å². The standard InChI is InChI=1S/C21H21Cl2N/c1-15(2)14-18(12-13-24-3)21(16-4-8-19(22)9-5-16)17-6-10-20(23)11-7-17/h4-14,21H,1-3H3/b18-12+,24-13-. The van der Waals surface area contributed by atoms with Crippen LogP contribution in [0.5, 0.6) is 0 Å². The molecule has 0 heterocycles. The van der Waals surface area contributed by atoms with Crippen molar-refractivity contribution in [3.63, 3.8) is 0 Å². The van der Waals surface area contributed by atoms with Crippen LogP contribution in [0.3, 0.4) is 0 Å². The van der Waals surface area contributed by atoms with Crippen molar-refractivity contribution in [1.29, 1.82) is 0 Å².